The Balaban J connectivity index is 1.78. The van der Waals surface area contributed by atoms with Gasteiger partial charge in [-0.15, -0.1) is 0 Å². The van der Waals surface area contributed by atoms with Gasteiger partial charge in [-0.05, 0) is 59.9 Å². The molecule has 25 heavy (non-hydrogen) atoms. The predicted octanol–water partition coefficient (Wildman–Crippen LogP) is 6.33. The van der Waals surface area contributed by atoms with Gasteiger partial charge in [-0.3, -0.25) is 0 Å². The van der Waals surface area contributed by atoms with E-state index in [1.54, 1.807) is 0 Å². The van der Waals surface area contributed by atoms with Crippen LogP contribution in [0.4, 0.5) is 0 Å². The summed E-state index contributed by atoms with van der Waals surface area (Å²) in [5.41, 5.74) is 11.1. The third kappa shape index (κ3) is 4.64. The maximum absolute atomic E-state index is 6.24. The van der Waals surface area contributed by atoms with Crippen molar-refractivity contribution in [2.45, 2.75) is 25.3 Å². The fourth-order valence-electron chi connectivity index (χ4n) is 3.05. The van der Waals surface area contributed by atoms with Gasteiger partial charge >= 0.3 is 0 Å². The lowest BCUT2D eigenvalue weighted by atomic mass is 9.86. The van der Waals surface area contributed by atoms with Crippen molar-refractivity contribution in [3.05, 3.63) is 94.0 Å². The van der Waals surface area contributed by atoms with Crippen LogP contribution in [0.25, 0.3) is 11.1 Å². The zero-order valence-corrected chi connectivity index (χ0v) is 15.6. The summed E-state index contributed by atoms with van der Waals surface area (Å²) in [4.78, 5) is 0. The van der Waals surface area contributed by atoms with E-state index in [1.165, 1.54) is 16.7 Å². The van der Waals surface area contributed by atoms with E-state index in [-0.39, 0.29) is 12.0 Å². The second-order valence-electron chi connectivity index (χ2n) is 6.43. The molecule has 1 nitrogen and oxygen atoms in total. The molecule has 0 saturated heterocycles. The summed E-state index contributed by atoms with van der Waals surface area (Å²) >= 11 is 12.0. The van der Waals surface area contributed by atoms with E-state index >= 15 is 0 Å². The van der Waals surface area contributed by atoms with Crippen LogP contribution in [0, 0.1) is 0 Å². The van der Waals surface area contributed by atoms with Gasteiger partial charge in [0.25, 0.3) is 0 Å². The minimum absolute atomic E-state index is 0.0668. The molecule has 0 heterocycles. The van der Waals surface area contributed by atoms with Gasteiger partial charge in [0.05, 0.1) is 0 Å². The van der Waals surface area contributed by atoms with Gasteiger partial charge in [0.1, 0.15) is 0 Å². The molecule has 3 aromatic rings. The molecule has 0 aromatic heterocycles. The van der Waals surface area contributed by atoms with Crippen molar-refractivity contribution in [3.8, 4) is 11.1 Å². The molecule has 0 aliphatic carbocycles. The maximum Gasteiger partial charge on any atom is 0.0406 e. The third-order valence-electron chi connectivity index (χ3n) is 4.52. The van der Waals surface area contributed by atoms with Gasteiger partial charge in [-0.2, -0.15) is 0 Å². The monoisotopic (exact) mass is 369 g/mol. The first-order valence-electron chi connectivity index (χ1n) is 8.39. The molecule has 0 aliphatic heterocycles. The lowest BCUT2D eigenvalue weighted by molar-refractivity contribution is 0.565. The average Bonchev–Trinajstić information content (AvgIpc) is 2.62. The second kappa shape index (κ2) is 8.05. The van der Waals surface area contributed by atoms with E-state index in [9.17, 15) is 0 Å². The van der Waals surface area contributed by atoms with Crippen molar-refractivity contribution in [1.82, 2.24) is 0 Å². The molecule has 0 radical (unpaired) electrons. The highest BCUT2D eigenvalue weighted by Gasteiger charge is 2.17. The standard InChI is InChI=1S/C22H21Cl2N/c1-15(25)22(19-8-12-21(24)13-9-19)14-16-2-4-17(5-3-16)18-6-10-20(23)11-7-18/h2-13,15,22H,14,25H2,1H3. The van der Waals surface area contributed by atoms with E-state index in [0.717, 1.165) is 22.0 Å². The van der Waals surface area contributed by atoms with Crippen molar-refractivity contribution in [2.75, 3.05) is 0 Å². The summed E-state index contributed by atoms with van der Waals surface area (Å²) in [6.45, 7) is 2.06. The molecule has 0 saturated carbocycles. The second-order valence-corrected chi connectivity index (χ2v) is 7.30. The Morgan fingerprint density at radius 2 is 1.16 bits per heavy atom. The van der Waals surface area contributed by atoms with E-state index in [2.05, 4.69) is 43.3 Å². The first kappa shape index (κ1) is 18.0. The third-order valence-corrected chi connectivity index (χ3v) is 5.02. The Morgan fingerprint density at radius 3 is 1.64 bits per heavy atom. The van der Waals surface area contributed by atoms with Crippen molar-refractivity contribution < 1.29 is 0 Å². The van der Waals surface area contributed by atoms with Crippen LogP contribution in [0.2, 0.25) is 10.0 Å². The lowest BCUT2D eigenvalue weighted by Crippen LogP contribution is -2.26. The van der Waals surface area contributed by atoms with Gasteiger partial charge in [-0.1, -0.05) is 71.7 Å². The number of rotatable bonds is 5. The fourth-order valence-corrected chi connectivity index (χ4v) is 3.30. The molecule has 3 aromatic carbocycles. The topological polar surface area (TPSA) is 26.0 Å². The van der Waals surface area contributed by atoms with Crippen LogP contribution in [0.15, 0.2) is 72.8 Å². The first-order valence-corrected chi connectivity index (χ1v) is 9.14. The van der Waals surface area contributed by atoms with Crippen molar-refractivity contribution in [2.24, 2.45) is 5.73 Å². The quantitative estimate of drug-likeness (QED) is 0.558. The molecule has 0 aliphatic rings. The number of hydrogen-bond donors (Lipinski definition) is 1. The molecule has 128 valence electrons. The van der Waals surface area contributed by atoms with Crippen LogP contribution in [0.3, 0.4) is 0 Å². The molecule has 2 unspecified atom stereocenters. The van der Waals surface area contributed by atoms with Crippen LogP contribution in [0.5, 0.6) is 0 Å². The Hall–Kier alpha value is -1.80. The minimum Gasteiger partial charge on any atom is -0.327 e. The van der Waals surface area contributed by atoms with Crippen LogP contribution < -0.4 is 5.73 Å². The smallest absolute Gasteiger partial charge is 0.0406 e. The summed E-state index contributed by atoms with van der Waals surface area (Å²) in [6.07, 6.45) is 0.903. The van der Waals surface area contributed by atoms with Crippen LogP contribution in [-0.2, 0) is 6.42 Å². The van der Waals surface area contributed by atoms with Gasteiger partial charge in [0.15, 0.2) is 0 Å². The van der Waals surface area contributed by atoms with E-state index in [0.29, 0.717) is 0 Å². The Labute approximate surface area is 159 Å². The molecule has 2 N–H and O–H groups in total. The fraction of sp³-hybridized carbons (Fsp3) is 0.182. The maximum atomic E-state index is 6.24. The summed E-state index contributed by atoms with van der Waals surface area (Å²) in [5, 5.41) is 1.50. The summed E-state index contributed by atoms with van der Waals surface area (Å²) < 4.78 is 0. The molecule has 0 fully saturated rings. The summed E-state index contributed by atoms with van der Waals surface area (Å²) in [7, 11) is 0. The normalized spacial score (nSPS) is 13.4. The molecular weight excluding hydrogens is 349 g/mol. The van der Waals surface area contributed by atoms with Crippen LogP contribution in [-0.4, -0.2) is 6.04 Å². The molecule has 0 amide bonds. The van der Waals surface area contributed by atoms with E-state index in [1.807, 2.05) is 36.4 Å². The molecule has 3 heteroatoms. The van der Waals surface area contributed by atoms with Gasteiger partial charge in [-0.25, -0.2) is 0 Å². The van der Waals surface area contributed by atoms with Gasteiger partial charge in [0, 0.05) is 22.0 Å². The van der Waals surface area contributed by atoms with E-state index in [4.69, 9.17) is 28.9 Å². The molecule has 2 atom stereocenters. The Bertz CT molecular complexity index is 806. The van der Waals surface area contributed by atoms with E-state index < -0.39 is 0 Å². The number of benzene rings is 3. The first-order chi connectivity index (χ1) is 12.0. The zero-order valence-electron chi connectivity index (χ0n) is 14.1. The number of nitrogens with two attached hydrogens (primary N) is 1. The summed E-state index contributed by atoms with van der Waals surface area (Å²) in [5.74, 6) is 0.263. The van der Waals surface area contributed by atoms with Crippen molar-refractivity contribution in [3.63, 3.8) is 0 Å². The molecule has 3 rings (SSSR count). The Morgan fingerprint density at radius 1 is 0.720 bits per heavy atom. The predicted molar refractivity (Wildman–Crippen MR) is 108 cm³/mol. The van der Waals surface area contributed by atoms with Gasteiger partial charge < -0.3 is 5.73 Å². The largest absolute Gasteiger partial charge is 0.327 e. The SMILES string of the molecule is CC(N)C(Cc1ccc(-c2ccc(Cl)cc2)cc1)c1ccc(Cl)cc1. The van der Waals surface area contributed by atoms with Crippen LogP contribution in [0.1, 0.15) is 24.0 Å². The Kier molecular flexibility index (Phi) is 5.80. The van der Waals surface area contributed by atoms with Crippen molar-refractivity contribution >= 4 is 23.2 Å². The highest BCUT2D eigenvalue weighted by atomic mass is 35.5. The average molecular weight is 370 g/mol. The summed E-state index contributed by atoms with van der Waals surface area (Å²) in [6, 6.07) is 24.6. The van der Waals surface area contributed by atoms with Crippen LogP contribution >= 0.6 is 23.2 Å². The molecular formula is C22H21Cl2N. The zero-order chi connectivity index (χ0) is 17.8. The van der Waals surface area contributed by atoms with Gasteiger partial charge in [0.2, 0.25) is 0 Å². The lowest BCUT2D eigenvalue weighted by Gasteiger charge is -2.21. The van der Waals surface area contributed by atoms with Crippen molar-refractivity contribution in [1.29, 1.82) is 0 Å². The highest BCUT2D eigenvalue weighted by Crippen LogP contribution is 2.27. The number of hydrogen-bond acceptors (Lipinski definition) is 1. The minimum atomic E-state index is 0.0668. The highest BCUT2D eigenvalue weighted by molar-refractivity contribution is 6.30. The molecule has 0 bridgehead atoms. The number of halogens is 2. The molecule has 0 spiro atoms.